The zero-order valence-electron chi connectivity index (χ0n) is 10.3. The summed E-state index contributed by atoms with van der Waals surface area (Å²) in [6.45, 7) is 1.46. The smallest absolute Gasteiger partial charge is 0.291 e. The van der Waals surface area contributed by atoms with Gasteiger partial charge in [-0.15, -0.1) is 0 Å². The Morgan fingerprint density at radius 3 is 2.06 bits per heavy atom. The third-order valence-corrected chi connectivity index (χ3v) is 2.65. The summed E-state index contributed by atoms with van der Waals surface area (Å²) in [6.07, 6.45) is 0. The van der Waals surface area contributed by atoms with Crippen LogP contribution < -0.4 is 16.0 Å². The normalized spacial score (nSPS) is 11.2. The number of hydrogen-bond donors (Lipinski definition) is 3. The molecule has 18 heavy (non-hydrogen) atoms. The predicted octanol–water partition coefficient (Wildman–Crippen LogP) is 0.372. The summed E-state index contributed by atoms with van der Waals surface area (Å²) >= 11 is 0. The van der Waals surface area contributed by atoms with E-state index in [2.05, 4.69) is 34.6 Å². The Labute approximate surface area is 107 Å². The molecule has 0 saturated carbocycles. The molecule has 0 aliphatic rings. The molecule has 2 aromatic rings. The van der Waals surface area contributed by atoms with E-state index in [9.17, 15) is 0 Å². The van der Waals surface area contributed by atoms with Gasteiger partial charge in [-0.05, 0) is 11.1 Å². The van der Waals surface area contributed by atoms with Gasteiger partial charge in [0.05, 0.1) is 13.1 Å². The molecule has 0 fully saturated rings. The quantitative estimate of drug-likeness (QED) is 0.534. The van der Waals surface area contributed by atoms with Crippen LogP contribution in [0, 0.1) is 0 Å². The van der Waals surface area contributed by atoms with Gasteiger partial charge in [0.2, 0.25) is 0 Å². The van der Waals surface area contributed by atoms with Crippen molar-refractivity contribution in [1.29, 1.82) is 0 Å². The molecule has 0 saturated heterocycles. The van der Waals surface area contributed by atoms with E-state index in [1.165, 1.54) is 11.1 Å². The molecular weight excluding hydrogens is 222 g/mol. The minimum Gasteiger partial charge on any atom is -0.291 e. The molecule has 0 atom stereocenters. The Balaban J connectivity index is 1.83. The highest BCUT2D eigenvalue weighted by molar-refractivity contribution is 5.71. The summed E-state index contributed by atoms with van der Waals surface area (Å²) < 4.78 is 0. The van der Waals surface area contributed by atoms with Crippen molar-refractivity contribution in [2.24, 2.45) is 5.73 Å². The van der Waals surface area contributed by atoms with Gasteiger partial charge in [-0.2, -0.15) is 0 Å². The van der Waals surface area contributed by atoms with Gasteiger partial charge in [0, 0.05) is 0 Å². The van der Waals surface area contributed by atoms with E-state index in [0.717, 1.165) is 13.1 Å². The van der Waals surface area contributed by atoms with Crippen LogP contribution in [0.25, 0.3) is 0 Å². The molecule has 0 heterocycles. The van der Waals surface area contributed by atoms with E-state index < -0.39 is 0 Å². The first-order valence-electron chi connectivity index (χ1n) is 6.02. The maximum atomic E-state index is 5.86. The Kier molecular flexibility index (Phi) is 4.36. The minimum atomic E-state index is 0.600. The SMILES string of the molecule is NC(NCc1ccccc1)=[NH+]Cc1ccccc1. The summed E-state index contributed by atoms with van der Waals surface area (Å²) in [5, 5.41) is 3.15. The van der Waals surface area contributed by atoms with Crippen LogP contribution in [0.3, 0.4) is 0 Å². The second-order valence-electron chi connectivity index (χ2n) is 4.09. The van der Waals surface area contributed by atoms with Crippen molar-refractivity contribution in [3.8, 4) is 0 Å². The molecule has 0 bridgehead atoms. The van der Waals surface area contributed by atoms with Crippen molar-refractivity contribution in [1.82, 2.24) is 5.32 Å². The maximum Gasteiger partial charge on any atom is 0.341 e. The van der Waals surface area contributed by atoms with Crippen molar-refractivity contribution in [2.45, 2.75) is 13.1 Å². The third-order valence-electron chi connectivity index (χ3n) is 2.65. The Morgan fingerprint density at radius 1 is 0.889 bits per heavy atom. The summed E-state index contributed by atoms with van der Waals surface area (Å²) in [5.74, 6) is 0.600. The van der Waals surface area contributed by atoms with Crippen molar-refractivity contribution >= 4 is 5.96 Å². The number of nitrogens with two attached hydrogens (primary N) is 1. The second kappa shape index (κ2) is 6.45. The van der Waals surface area contributed by atoms with Crippen LogP contribution in [0.5, 0.6) is 0 Å². The summed E-state index contributed by atoms with van der Waals surface area (Å²) in [6, 6.07) is 20.3. The van der Waals surface area contributed by atoms with E-state index in [0.29, 0.717) is 5.96 Å². The van der Waals surface area contributed by atoms with Gasteiger partial charge in [0.15, 0.2) is 0 Å². The third kappa shape index (κ3) is 3.94. The van der Waals surface area contributed by atoms with Gasteiger partial charge in [-0.1, -0.05) is 60.7 Å². The standard InChI is InChI=1S/C15H17N3/c16-15(17-11-13-7-3-1-4-8-13)18-12-14-9-5-2-6-10-14/h1-10H,11-12H2,(H3,16,17,18)/p+1. The molecule has 0 aliphatic heterocycles. The minimum absolute atomic E-state index is 0.600. The lowest BCUT2D eigenvalue weighted by Gasteiger charge is -2.00. The van der Waals surface area contributed by atoms with Gasteiger partial charge in [-0.3, -0.25) is 16.0 Å². The molecule has 2 rings (SSSR count). The zero-order valence-corrected chi connectivity index (χ0v) is 10.3. The average Bonchev–Trinajstić information content (AvgIpc) is 2.45. The molecule has 92 valence electrons. The molecule has 0 spiro atoms. The van der Waals surface area contributed by atoms with Gasteiger partial charge < -0.3 is 0 Å². The highest BCUT2D eigenvalue weighted by Gasteiger charge is 1.99. The van der Waals surface area contributed by atoms with Crippen LogP contribution in [0.2, 0.25) is 0 Å². The molecule has 4 N–H and O–H groups in total. The molecule has 3 heteroatoms. The first-order valence-corrected chi connectivity index (χ1v) is 6.02. The van der Waals surface area contributed by atoms with Crippen molar-refractivity contribution in [3.63, 3.8) is 0 Å². The van der Waals surface area contributed by atoms with Crippen molar-refractivity contribution in [2.75, 3.05) is 0 Å². The van der Waals surface area contributed by atoms with E-state index in [1.807, 2.05) is 36.4 Å². The van der Waals surface area contributed by atoms with E-state index in [4.69, 9.17) is 5.73 Å². The molecule has 0 amide bonds. The molecular formula is C15H18N3+. The molecule has 0 aliphatic carbocycles. The van der Waals surface area contributed by atoms with E-state index in [-0.39, 0.29) is 0 Å². The second-order valence-corrected chi connectivity index (χ2v) is 4.09. The number of guanidine groups is 1. The van der Waals surface area contributed by atoms with Crippen LogP contribution in [0.4, 0.5) is 0 Å². The topological polar surface area (TPSA) is 52.0 Å². The lowest BCUT2D eigenvalue weighted by atomic mass is 10.2. The van der Waals surface area contributed by atoms with Gasteiger partial charge >= 0.3 is 5.96 Å². The summed E-state index contributed by atoms with van der Waals surface area (Å²) in [4.78, 5) is 3.15. The van der Waals surface area contributed by atoms with E-state index >= 15 is 0 Å². The molecule has 0 radical (unpaired) electrons. The van der Waals surface area contributed by atoms with Crippen LogP contribution in [-0.2, 0) is 13.1 Å². The van der Waals surface area contributed by atoms with Gasteiger partial charge in [0.1, 0.15) is 0 Å². The van der Waals surface area contributed by atoms with Crippen LogP contribution in [0.1, 0.15) is 11.1 Å². The fraction of sp³-hybridized carbons (Fsp3) is 0.133. The van der Waals surface area contributed by atoms with E-state index in [1.54, 1.807) is 0 Å². The summed E-state index contributed by atoms with van der Waals surface area (Å²) in [5.41, 5.74) is 8.28. The Hall–Kier alpha value is -2.29. The maximum absolute atomic E-state index is 5.86. The van der Waals surface area contributed by atoms with Crippen LogP contribution in [0.15, 0.2) is 60.7 Å². The fourth-order valence-corrected chi connectivity index (χ4v) is 1.65. The van der Waals surface area contributed by atoms with Crippen LogP contribution in [-0.4, -0.2) is 5.96 Å². The van der Waals surface area contributed by atoms with Crippen molar-refractivity contribution in [3.05, 3.63) is 71.8 Å². The monoisotopic (exact) mass is 240 g/mol. The Morgan fingerprint density at radius 2 is 1.44 bits per heavy atom. The van der Waals surface area contributed by atoms with Gasteiger partial charge in [0.25, 0.3) is 0 Å². The van der Waals surface area contributed by atoms with Crippen LogP contribution >= 0.6 is 0 Å². The molecule has 2 aromatic carbocycles. The summed E-state index contributed by atoms with van der Waals surface area (Å²) in [7, 11) is 0. The number of rotatable bonds is 4. The number of nitrogens with one attached hydrogen (secondary N) is 2. The van der Waals surface area contributed by atoms with Crippen molar-refractivity contribution < 1.29 is 4.99 Å². The fourth-order valence-electron chi connectivity index (χ4n) is 1.65. The highest BCUT2D eigenvalue weighted by atomic mass is 15.1. The average molecular weight is 240 g/mol. The number of hydrogen-bond acceptors (Lipinski definition) is 0. The first kappa shape index (κ1) is 12.2. The number of benzene rings is 2. The lowest BCUT2D eigenvalue weighted by Crippen LogP contribution is -2.77. The largest absolute Gasteiger partial charge is 0.341 e. The Bertz CT molecular complexity index is 492. The molecule has 0 unspecified atom stereocenters. The first-order chi connectivity index (χ1) is 8.84. The van der Waals surface area contributed by atoms with Gasteiger partial charge in [-0.25, -0.2) is 0 Å². The lowest BCUT2D eigenvalue weighted by molar-refractivity contribution is -0.478. The molecule has 3 nitrogen and oxygen atoms in total. The highest BCUT2D eigenvalue weighted by Crippen LogP contribution is 1.96. The molecule has 0 aromatic heterocycles. The zero-order chi connectivity index (χ0) is 12.6. The predicted molar refractivity (Wildman–Crippen MR) is 73.6 cm³/mol.